The van der Waals surface area contributed by atoms with Crippen molar-refractivity contribution in [2.75, 3.05) is 6.61 Å². The Hall–Kier alpha value is -0.112. The lowest BCUT2D eigenvalue weighted by atomic mass is 10.3. The van der Waals surface area contributed by atoms with Crippen molar-refractivity contribution in [2.45, 2.75) is 64.8 Å². The molecular formula is C17H32OSi4. The molecule has 0 unspecified atom stereocenters. The lowest BCUT2D eigenvalue weighted by molar-refractivity contribution is 0.322. The fourth-order valence-corrected chi connectivity index (χ4v) is 6.76. The van der Waals surface area contributed by atoms with Crippen LogP contribution in [-0.4, -0.2) is 41.8 Å². The van der Waals surface area contributed by atoms with Crippen LogP contribution in [0.25, 0.3) is 0 Å². The third-order valence-corrected chi connectivity index (χ3v) is 9.51. The fourth-order valence-electron chi connectivity index (χ4n) is 2.42. The van der Waals surface area contributed by atoms with Crippen molar-refractivity contribution in [2.24, 2.45) is 0 Å². The first-order valence-electron chi connectivity index (χ1n) is 8.25. The SMILES string of the molecule is C[Si](C)CCCOc1c([Si](C)C)cc([Si](C)C)cc1[Si](C)C. The summed E-state index contributed by atoms with van der Waals surface area (Å²) < 4.78 is 6.35. The Bertz CT molecular complexity index is 441. The highest BCUT2D eigenvalue weighted by Crippen LogP contribution is 2.10. The van der Waals surface area contributed by atoms with Gasteiger partial charge >= 0.3 is 0 Å². The average molecular weight is 365 g/mol. The van der Waals surface area contributed by atoms with E-state index in [1.54, 1.807) is 5.19 Å². The van der Waals surface area contributed by atoms with E-state index in [0.717, 1.165) is 6.61 Å². The molecule has 0 aliphatic rings. The summed E-state index contributed by atoms with van der Waals surface area (Å²) in [7, 11) is -1.50. The van der Waals surface area contributed by atoms with E-state index in [0.29, 0.717) is 0 Å². The van der Waals surface area contributed by atoms with Gasteiger partial charge in [-0.05, 0) is 16.8 Å². The van der Waals surface area contributed by atoms with Crippen LogP contribution in [0.4, 0.5) is 0 Å². The highest BCUT2D eigenvalue weighted by Gasteiger charge is 2.19. The molecule has 1 nitrogen and oxygen atoms in total. The van der Waals surface area contributed by atoms with Gasteiger partial charge in [0, 0.05) is 8.80 Å². The standard InChI is InChI=1S/C17H32OSi4/c1-19(2)11-9-10-18-17-15(21(5)6)12-14(20(3)4)13-16(17)22(7)8/h12-13H,9-11H2,1-8H3. The Morgan fingerprint density at radius 2 is 1.27 bits per heavy atom. The van der Waals surface area contributed by atoms with Gasteiger partial charge in [-0.25, -0.2) is 0 Å². The van der Waals surface area contributed by atoms with E-state index in [4.69, 9.17) is 4.74 Å². The van der Waals surface area contributed by atoms with Crippen molar-refractivity contribution in [1.29, 1.82) is 0 Å². The zero-order valence-corrected chi connectivity index (χ0v) is 19.7. The van der Waals surface area contributed by atoms with Crippen LogP contribution in [0.5, 0.6) is 5.75 Å². The number of rotatable bonds is 8. The molecule has 1 aromatic rings. The van der Waals surface area contributed by atoms with Gasteiger partial charge in [-0.3, -0.25) is 0 Å². The van der Waals surface area contributed by atoms with Crippen LogP contribution >= 0.6 is 0 Å². The highest BCUT2D eigenvalue weighted by molar-refractivity contribution is 6.78. The summed E-state index contributed by atoms with van der Waals surface area (Å²) in [5.74, 6) is 1.27. The van der Waals surface area contributed by atoms with E-state index >= 15 is 0 Å². The van der Waals surface area contributed by atoms with Crippen LogP contribution in [0.1, 0.15) is 6.42 Å². The summed E-state index contributed by atoms with van der Waals surface area (Å²) in [6.45, 7) is 20.1. The summed E-state index contributed by atoms with van der Waals surface area (Å²) in [6.07, 6.45) is 1.21. The van der Waals surface area contributed by atoms with E-state index in [2.05, 4.69) is 64.5 Å². The third kappa shape index (κ3) is 5.83. The average Bonchev–Trinajstić information content (AvgIpc) is 2.42. The van der Waals surface area contributed by atoms with Gasteiger partial charge in [-0.2, -0.15) is 0 Å². The predicted molar refractivity (Wildman–Crippen MR) is 110 cm³/mol. The van der Waals surface area contributed by atoms with Gasteiger partial charge < -0.3 is 4.74 Å². The lowest BCUT2D eigenvalue weighted by Crippen LogP contribution is -2.41. The van der Waals surface area contributed by atoms with E-state index in [9.17, 15) is 0 Å². The van der Waals surface area contributed by atoms with Crippen molar-refractivity contribution >= 4 is 50.7 Å². The maximum atomic E-state index is 6.35. The minimum absolute atomic E-state index is 0.122. The van der Waals surface area contributed by atoms with Gasteiger partial charge in [0.15, 0.2) is 0 Å². The molecule has 0 N–H and O–H groups in total. The number of ether oxygens (including phenoxy) is 1. The zero-order chi connectivity index (χ0) is 16.9. The van der Waals surface area contributed by atoms with Gasteiger partial charge in [-0.1, -0.05) is 75.7 Å². The van der Waals surface area contributed by atoms with Crippen LogP contribution < -0.4 is 20.3 Å². The smallest absolute Gasteiger partial charge is 0.117 e. The maximum absolute atomic E-state index is 6.35. The van der Waals surface area contributed by atoms with Crippen molar-refractivity contribution in [1.82, 2.24) is 0 Å². The first-order valence-corrected chi connectivity index (χ1v) is 18.5. The zero-order valence-electron chi connectivity index (χ0n) is 15.7. The minimum Gasteiger partial charge on any atom is -0.494 e. The molecule has 0 bridgehead atoms. The number of benzene rings is 1. The molecule has 0 aliphatic heterocycles. The highest BCUT2D eigenvalue weighted by atomic mass is 28.3. The first-order chi connectivity index (χ1) is 10.2. The fraction of sp³-hybridized carbons (Fsp3) is 0.647. The van der Waals surface area contributed by atoms with E-state index < -0.39 is 26.4 Å². The topological polar surface area (TPSA) is 9.23 Å². The predicted octanol–water partition coefficient (Wildman–Crippen LogP) is 3.09. The quantitative estimate of drug-likeness (QED) is 0.509. The van der Waals surface area contributed by atoms with E-state index in [1.165, 1.54) is 28.6 Å². The molecule has 0 aromatic heterocycles. The van der Waals surface area contributed by atoms with Crippen LogP contribution in [0.2, 0.25) is 58.4 Å². The number of hydrogen-bond acceptors (Lipinski definition) is 1. The van der Waals surface area contributed by atoms with Crippen molar-refractivity contribution in [3.8, 4) is 5.75 Å². The van der Waals surface area contributed by atoms with Crippen molar-refractivity contribution < 1.29 is 4.74 Å². The Morgan fingerprint density at radius 3 is 1.64 bits per heavy atom. The summed E-state index contributed by atoms with van der Waals surface area (Å²) in [6, 6.07) is 6.30. The van der Waals surface area contributed by atoms with Crippen LogP contribution in [0.15, 0.2) is 12.1 Å². The van der Waals surface area contributed by atoms with E-state index in [1.807, 2.05) is 0 Å². The molecule has 0 heterocycles. The van der Waals surface area contributed by atoms with Gasteiger partial charge in [-0.15, -0.1) is 0 Å². The molecule has 0 saturated heterocycles. The maximum Gasteiger partial charge on any atom is 0.117 e. The Labute approximate surface area is 144 Å². The Kier molecular flexibility index (Phi) is 8.38. The van der Waals surface area contributed by atoms with Gasteiger partial charge in [0.1, 0.15) is 5.75 Å². The lowest BCUT2D eigenvalue weighted by Gasteiger charge is -2.22. The molecule has 0 atom stereocenters. The van der Waals surface area contributed by atoms with Crippen LogP contribution in [0.3, 0.4) is 0 Å². The van der Waals surface area contributed by atoms with Gasteiger partial charge in [0.05, 0.1) is 33.0 Å². The second kappa shape index (κ2) is 9.25. The molecule has 0 fully saturated rings. The molecule has 22 heavy (non-hydrogen) atoms. The Balaban J connectivity index is 3.10. The number of hydrogen-bond donors (Lipinski definition) is 0. The normalized spacial score (nSPS) is 12.0. The second-order valence-electron chi connectivity index (χ2n) is 7.06. The molecule has 5 heteroatoms. The van der Waals surface area contributed by atoms with Crippen molar-refractivity contribution in [3.05, 3.63) is 12.1 Å². The largest absolute Gasteiger partial charge is 0.494 e. The monoisotopic (exact) mass is 364 g/mol. The van der Waals surface area contributed by atoms with Crippen molar-refractivity contribution in [3.63, 3.8) is 0 Å². The Morgan fingerprint density at radius 1 is 0.773 bits per heavy atom. The molecular weight excluding hydrogens is 333 g/mol. The second-order valence-corrected chi connectivity index (χ2v) is 17.6. The van der Waals surface area contributed by atoms with E-state index in [-0.39, 0.29) is 8.80 Å². The van der Waals surface area contributed by atoms with Gasteiger partial charge in [0.25, 0.3) is 0 Å². The molecule has 0 amide bonds. The molecule has 0 saturated carbocycles. The molecule has 1 aromatic carbocycles. The molecule has 1 rings (SSSR count). The van der Waals surface area contributed by atoms with Crippen LogP contribution in [-0.2, 0) is 0 Å². The molecule has 4 radical (unpaired) electrons. The summed E-state index contributed by atoms with van der Waals surface area (Å²) in [5, 5.41) is 4.66. The molecule has 0 aliphatic carbocycles. The minimum atomic E-state index is -0.491. The summed E-state index contributed by atoms with van der Waals surface area (Å²) >= 11 is 0. The first kappa shape index (κ1) is 19.9. The van der Waals surface area contributed by atoms with Gasteiger partial charge in [0.2, 0.25) is 0 Å². The molecule has 122 valence electrons. The third-order valence-electron chi connectivity index (χ3n) is 3.81. The summed E-state index contributed by atoms with van der Waals surface area (Å²) in [5.41, 5.74) is 0. The molecule has 0 spiro atoms. The van der Waals surface area contributed by atoms with Crippen LogP contribution in [0, 0.1) is 0 Å². The summed E-state index contributed by atoms with van der Waals surface area (Å²) in [4.78, 5) is 0.